The zero-order valence-electron chi connectivity index (χ0n) is 18.6. The first-order chi connectivity index (χ1) is 13.8. The minimum Gasteiger partial charge on any atom is -0.460 e. The predicted octanol–water partition coefficient (Wildman–Crippen LogP) is 3.76. The summed E-state index contributed by atoms with van der Waals surface area (Å²) in [5, 5.41) is 3.54. The summed E-state index contributed by atoms with van der Waals surface area (Å²) in [6, 6.07) is 0.477. The van der Waals surface area contributed by atoms with Crippen LogP contribution in [0.3, 0.4) is 0 Å². The van der Waals surface area contributed by atoms with Crippen LogP contribution in [0.5, 0.6) is 0 Å². The van der Waals surface area contributed by atoms with E-state index in [1.165, 1.54) is 32.2 Å². The summed E-state index contributed by atoms with van der Waals surface area (Å²) >= 11 is 0. The SMILES string of the molecule is CC(C)(C)OC(=O)C1CCC(C2CC(=O)N(C3CCC4CNCCC4C3)C2)CC1. The largest absolute Gasteiger partial charge is 0.460 e. The quantitative estimate of drug-likeness (QED) is 0.728. The van der Waals surface area contributed by atoms with Crippen molar-refractivity contribution in [1.29, 1.82) is 0 Å². The number of amides is 1. The minimum absolute atomic E-state index is 0.0289. The summed E-state index contributed by atoms with van der Waals surface area (Å²) in [5.41, 5.74) is -0.403. The summed E-state index contributed by atoms with van der Waals surface area (Å²) in [5.74, 6) is 3.14. The number of nitrogens with one attached hydrogen (secondary N) is 1. The first-order valence-electron chi connectivity index (χ1n) is 12.0. The molecule has 2 saturated heterocycles. The zero-order valence-corrected chi connectivity index (χ0v) is 18.6. The molecule has 1 N–H and O–H groups in total. The Morgan fingerprint density at radius 1 is 0.966 bits per heavy atom. The van der Waals surface area contributed by atoms with Crippen molar-refractivity contribution in [2.75, 3.05) is 19.6 Å². The van der Waals surface area contributed by atoms with Gasteiger partial charge in [0, 0.05) is 19.0 Å². The molecular weight excluding hydrogens is 364 g/mol. The molecule has 2 aliphatic heterocycles. The topological polar surface area (TPSA) is 58.6 Å². The van der Waals surface area contributed by atoms with Gasteiger partial charge in [-0.1, -0.05) is 0 Å². The molecule has 29 heavy (non-hydrogen) atoms. The van der Waals surface area contributed by atoms with E-state index in [-0.39, 0.29) is 11.9 Å². The van der Waals surface area contributed by atoms with E-state index >= 15 is 0 Å². The van der Waals surface area contributed by atoms with Crippen LogP contribution in [-0.2, 0) is 14.3 Å². The number of nitrogens with zero attached hydrogens (tertiary/aromatic N) is 1. The molecule has 2 saturated carbocycles. The molecule has 0 aromatic rings. The highest BCUT2D eigenvalue weighted by molar-refractivity contribution is 5.79. The van der Waals surface area contributed by atoms with Gasteiger partial charge in [0.25, 0.3) is 0 Å². The van der Waals surface area contributed by atoms with Crippen LogP contribution in [0.4, 0.5) is 0 Å². The second-order valence-electron chi connectivity index (χ2n) is 11.1. The van der Waals surface area contributed by atoms with Crippen LogP contribution in [-0.4, -0.2) is 48.1 Å². The molecule has 0 radical (unpaired) electrons. The number of ether oxygens (including phenoxy) is 1. The van der Waals surface area contributed by atoms with Crippen molar-refractivity contribution in [2.24, 2.45) is 29.6 Å². The molecule has 164 valence electrons. The van der Waals surface area contributed by atoms with Crippen LogP contribution in [0.2, 0.25) is 0 Å². The van der Waals surface area contributed by atoms with E-state index in [1.54, 1.807) is 0 Å². The van der Waals surface area contributed by atoms with Gasteiger partial charge in [0.1, 0.15) is 5.60 Å². The van der Waals surface area contributed by atoms with E-state index in [9.17, 15) is 9.59 Å². The highest BCUT2D eigenvalue weighted by Crippen LogP contribution is 2.42. The van der Waals surface area contributed by atoms with Gasteiger partial charge in [-0.3, -0.25) is 9.59 Å². The molecule has 1 amide bonds. The van der Waals surface area contributed by atoms with E-state index in [0.29, 0.717) is 23.8 Å². The van der Waals surface area contributed by atoms with Crippen LogP contribution in [0, 0.1) is 29.6 Å². The molecule has 4 fully saturated rings. The molecule has 4 aliphatic rings. The predicted molar refractivity (Wildman–Crippen MR) is 113 cm³/mol. The lowest BCUT2D eigenvalue weighted by Gasteiger charge is -2.42. The number of piperidine rings is 1. The molecule has 4 unspecified atom stereocenters. The summed E-state index contributed by atoms with van der Waals surface area (Å²) in [6.45, 7) is 9.09. The van der Waals surface area contributed by atoms with Crippen molar-refractivity contribution >= 4 is 11.9 Å². The molecular formula is C24H40N2O3. The standard InChI is InChI=1S/C24H40N2O3/c1-24(2,3)29-23(28)17-6-4-16(5-7-17)20-13-22(27)26(15-20)21-9-8-19-14-25-11-10-18(19)12-21/h16-21,25H,4-15H2,1-3H3. The first kappa shape index (κ1) is 21.1. The van der Waals surface area contributed by atoms with E-state index in [2.05, 4.69) is 10.2 Å². The molecule has 2 aliphatic carbocycles. The average molecular weight is 405 g/mol. The molecule has 4 atom stereocenters. The van der Waals surface area contributed by atoms with Gasteiger partial charge >= 0.3 is 5.97 Å². The Morgan fingerprint density at radius 3 is 2.41 bits per heavy atom. The van der Waals surface area contributed by atoms with Gasteiger partial charge in [0.2, 0.25) is 5.91 Å². The molecule has 0 spiro atoms. The fraction of sp³-hybridized carbons (Fsp3) is 0.917. The Kier molecular flexibility index (Phi) is 6.24. The maximum atomic E-state index is 12.9. The Morgan fingerprint density at radius 2 is 1.69 bits per heavy atom. The van der Waals surface area contributed by atoms with Gasteiger partial charge in [0.05, 0.1) is 5.92 Å². The third-order valence-electron chi connectivity index (χ3n) is 8.02. The number of fused-ring (bicyclic) bond motifs is 1. The number of esters is 1. The third kappa shape index (κ3) is 4.98. The molecule has 5 nitrogen and oxygen atoms in total. The van der Waals surface area contributed by atoms with Gasteiger partial charge in [0.15, 0.2) is 0 Å². The van der Waals surface area contributed by atoms with E-state index in [0.717, 1.165) is 57.0 Å². The lowest BCUT2D eigenvalue weighted by atomic mass is 9.73. The summed E-state index contributed by atoms with van der Waals surface area (Å²) in [7, 11) is 0. The van der Waals surface area contributed by atoms with Crippen LogP contribution in [0.15, 0.2) is 0 Å². The number of hydrogen-bond acceptors (Lipinski definition) is 4. The highest BCUT2D eigenvalue weighted by atomic mass is 16.6. The second-order valence-corrected chi connectivity index (χ2v) is 11.1. The van der Waals surface area contributed by atoms with Gasteiger partial charge in [-0.15, -0.1) is 0 Å². The van der Waals surface area contributed by atoms with E-state index in [1.807, 2.05) is 20.8 Å². The zero-order chi connectivity index (χ0) is 20.6. The number of rotatable bonds is 3. The average Bonchev–Trinajstić information content (AvgIpc) is 3.08. The summed E-state index contributed by atoms with van der Waals surface area (Å²) in [6.07, 6.45) is 9.66. The van der Waals surface area contributed by atoms with Crippen LogP contribution >= 0.6 is 0 Å². The Hall–Kier alpha value is -1.10. The minimum atomic E-state index is -0.403. The van der Waals surface area contributed by atoms with E-state index in [4.69, 9.17) is 4.74 Å². The van der Waals surface area contributed by atoms with Crippen molar-refractivity contribution in [2.45, 2.75) is 90.2 Å². The van der Waals surface area contributed by atoms with Crippen molar-refractivity contribution in [3.05, 3.63) is 0 Å². The van der Waals surface area contributed by atoms with Crippen LogP contribution < -0.4 is 5.32 Å². The maximum Gasteiger partial charge on any atom is 0.309 e. The molecule has 4 rings (SSSR count). The van der Waals surface area contributed by atoms with Crippen molar-refractivity contribution in [3.63, 3.8) is 0 Å². The Balaban J connectivity index is 1.27. The first-order valence-corrected chi connectivity index (χ1v) is 12.0. The second kappa shape index (κ2) is 8.56. The third-order valence-corrected chi connectivity index (χ3v) is 8.02. The summed E-state index contributed by atoms with van der Waals surface area (Å²) in [4.78, 5) is 27.5. The van der Waals surface area contributed by atoms with Crippen molar-refractivity contribution < 1.29 is 14.3 Å². The monoisotopic (exact) mass is 404 g/mol. The molecule has 0 aromatic heterocycles. The van der Waals surface area contributed by atoms with Gasteiger partial charge in [-0.25, -0.2) is 0 Å². The van der Waals surface area contributed by atoms with E-state index < -0.39 is 5.60 Å². The maximum absolute atomic E-state index is 12.9. The number of hydrogen-bond donors (Lipinski definition) is 1. The fourth-order valence-corrected chi connectivity index (χ4v) is 6.42. The number of carbonyl (C=O) groups excluding carboxylic acids is 2. The number of likely N-dealkylation sites (tertiary alicyclic amines) is 1. The number of carbonyl (C=O) groups is 2. The van der Waals surface area contributed by atoms with Crippen molar-refractivity contribution in [1.82, 2.24) is 10.2 Å². The normalized spacial score (nSPS) is 38.6. The van der Waals surface area contributed by atoms with Crippen molar-refractivity contribution in [3.8, 4) is 0 Å². The molecule has 0 aromatic carbocycles. The smallest absolute Gasteiger partial charge is 0.309 e. The Bertz CT molecular complexity index is 606. The molecule has 2 heterocycles. The van der Waals surface area contributed by atoms with Crippen LogP contribution in [0.25, 0.3) is 0 Å². The molecule has 0 bridgehead atoms. The summed E-state index contributed by atoms with van der Waals surface area (Å²) < 4.78 is 5.59. The molecule has 5 heteroatoms. The Labute approximate surface area is 176 Å². The van der Waals surface area contributed by atoms with Crippen LogP contribution in [0.1, 0.15) is 78.6 Å². The lowest BCUT2D eigenvalue weighted by molar-refractivity contribution is -0.161. The highest BCUT2D eigenvalue weighted by Gasteiger charge is 2.43. The van der Waals surface area contributed by atoms with Gasteiger partial charge < -0.3 is 15.0 Å². The fourth-order valence-electron chi connectivity index (χ4n) is 6.42. The van der Waals surface area contributed by atoms with Gasteiger partial charge in [-0.05, 0) is 109 Å². The van der Waals surface area contributed by atoms with Gasteiger partial charge in [-0.2, -0.15) is 0 Å². The lowest BCUT2D eigenvalue weighted by Crippen LogP contribution is -2.47.